The van der Waals surface area contributed by atoms with Gasteiger partial charge in [-0.1, -0.05) is 36.4 Å². The fourth-order valence-corrected chi connectivity index (χ4v) is 4.06. The maximum Gasteiger partial charge on any atom is 0.255 e. The number of benzene rings is 2. The Balaban J connectivity index is 1.48. The summed E-state index contributed by atoms with van der Waals surface area (Å²) in [5.41, 5.74) is 2.75. The Hall–Kier alpha value is -3.51. The SMILES string of the molecule is Cn1c(N2CCNC(c3ccc4ccccc4c3)C2)nc(-c2ccncc2)cc1=O. The summed E-state index contributed by atoms with van der Waals surface area (Å²) in [6.45, 7) is 2.37. The van der Waals surface area contributed by atoms with Gasteiger partial charge in [0.2, 0.25) is 5.95 Å². The molecule has 0 spiro atoms. The van der Waals surface area contributed by atoms with Gasteiger partial charge in [0.25, 0.3) is 5.56 Å². The van der Waals surface area contributed by atoms with Crippen molar-refractivity contribution in [3.05, 3.63) is 89.0 Å². The number of fused-ring (bicyclic) bond motifs is 1. The molecule has 0 radical (unpaired) electrons. The van der Waals surface area contributed by atoms with Crippen LogP contribution in [0.2, 0.25) is 0 Å². The number of hydrogen-bond donors (Lipinski definition) is 1. The number of nitrogens with one attached hydrogen (secondary N) is 1. The Labute approximate surface area is 174 Å². The first-order valence-electron chi connectivity index (χ1n) is 10.1. The molecule has 0 saturated carbocycles. The third-order valence-electron chi connectivity index (χ3n) is 5.72. The molecule has 0 bridgehead atoms. The Kier molecular flexibility index (Phi) is 4.77. The lowest BCUT2D eigenvalue weighted by Gasteiger charge is -2.35. The van der Waals surface area contributed by atoms with Crippen molar-refractivity contribution in [1.82, 2.24) is 19.9 Å². The first-order chi connectivity index (χ1) is 14.7. The average molecular weight is 397 g/mol. The fraction of sp³-hybridized carbons (Fsp3) is 0.208. The maximum atomic E-state index is 12.6. The lowest BCUT2D eigenvalue weighted by Crippen LogP contribution is -2.47. The van der Waals surface area contributed by atoms with Crippen LogP contribution in [0, 0.1) is 0 Å². The van der Waals surface area contributed by atoms with Crippen LogP contribution in [0.15, 0.2) is 77.9 Å². The lowest BCUT2D eigenvalue weighted by molar-refractivity contribution is 0.462. The maximum absolute atomic E-state index is 12.6. The standard InChI is InChI=1S/C24H23N5O/c1-28-23(30)15-21(18-8-10-25-11-9-18)27-24(28)29-13-12-26-22(16-29)20-7-6-17-4-2-3-5-19(17)14-20/h2-11,14-15,22,26H,12-13,16H2,1H3. The molecule has 1 atom stereocenters. The zero-order valence-electron chi connectivity index (χ0n) is 16.8. The van der Waals surface area contributed by atoms with E-state index in [-0.39, 0.29) is 11.6 Å². The molecule has 2 aromatic carbocycles. The number of pyridine rings is 1. The molecule has 150 valence electrons. The van der Waals surface area contributed by atoms with Gasteiger partial charge in [0.15, 0.2) is 0 Å². The van der Waals surface area contributed by atoms with Crippen LogP contribution in [0.3, 0.4) is 0 Å². The van der Waals surface area contributed by atoms with Gasteiger partial charge in [0.1, 0.15) is 0 Å². The van der Waals surface area contributed by atoms with Crippen LogP contribution in [0.1, 0.15) is 11.6 Å². The minimum Gasteiger partial charge on any atom is -0.339 e. The molecule has 1 aliphatic heterocycles. The molecule has 1 unspecified atom stereocenters. The van der Waals surface area contributed by atoms with Gasteiger partial charge in [-0.2, -0.15) is 0 Å². The van der Waals surface area contributed by atoms with Crippen molar-refractivity contribution < 1.29 is 0 Å². The minimum absolute atomic E-state index is 0.0624. The summed E-state index contributed by atoms with van der Waals surface area (Å²) in [5, 5.41) is 6.09. The second-order valence-electron chi connectivity index (χ2n) is 7.63. The summed E-state index contributed by atoms with van der Waals surface area (Å²) in [5.74, 6) is 0.696. The molecule has 4 aromatic rings. The molecular formula is C24H23N5O. The molecule has 1 N–H and O–H groups in total. The Morgan fingerprint density at radius 1 is 1.00 bits per heavy atom. The predicted molar refractivity (Wildman–Crippen MR) is 120 cm³/mol. The van der Waals surface area contributed by atoms with E-state index in [4.69, 9.17) is 4.98 Å². The second kappa shape index (κ2) is 7.72. The lowest BCUT2D eigenvalue weighted by atomic mass is 10.0. The van der Waals surface area contributed by atoms with E-state index in [1.807, 2.05) is 12.1 Å². The third kappa shape index (κ3) is 3.46. The molecule has 30 heavy (non-hydrogen) atoms. The van der Waals surface area contributed by atoms with Gasteiger partial charge in [-0.3, -0.25) is 14.3 Å². The van der Waals surface area contributed by atoms with Crippen LogP contribution in [0.4, 0.5) is 5.95 Å². The van der Waals surface area contributed by atoms with Gasteiger partial charge in [0, 0.05) is 56.7 Å². The van der Waals surface area contributed by atoms with E-state index < -0.39 is 0 Å². The first kappa shape index (κ1) is 18.5. The van der Waals surface area contributed by atoms with Gasteiger partial charge in [0.05, 0.1) is 5.69 Å². The van der Waals surface area contributed by atoms with Gasteiger partial charge in [-0.05, 0) is 34.5 Å². The number of nitrogens with zero attached hydrogens (tertiary/aromatic N) is 4. The molecule has 6 heteroatoms. The highest BCUT2D eigenvalue weighted by molar-refractivity contribution is 5.83. The van der Waals surface area contributed by atoms with Crippen LogP contribution in [-0.2, 0) is 7.05 Å². The fourth-order valence-electron chi connectivity index (χ4n) is 4.06. The highest BCUT2D eigenvalue weighted by Crippen LogP contribution is 2.25. The monoisotopic (exact) mass is 397 g/mol. The van der Waals surface area contributed by atoms with E-state index in [1.165, 1.54) is 16.3 Å². The van der Waals surface area contributed by atoms with Crippen molar-refractivity contribution in [2.24, 2.45) is 7.05 Å². The molecule has 0 aliphatic carbocycles. The number of piperazine rings is 1. The van der Waals surface area contributed by atoms with E-state index in [2.05, 4.69) is 57.7 Å². The zero-order valence-corrected chi connectivity index (χ0v) is 16.8. The van der Waals surface area contributed by atoms with E-state index in [0.29, 0.717) is 11.6 Å². The smallest absolute Gasteiger partial charge is 0.255 e. The van der Waals surface area contributed by atoms with Gasteiger partial charge in [-0.25, -0.2) is 4.98 Å². The van der Waals surface area contributed by atoms with Crippen molar-refractivity contribution in [2.75, 3.05) is 24.5 Å². The quantitative estimate of drug-likeness (QED) is 0.575. The number of anilines is 1. The normalized spacial score (nSPS) is 16.7. The summed E-state index contributed by atoms with van der Waals surface area (Å²) in [6.07, 6.45) is 3.43. The summed E-state index contributed by atoms with van der Waals surface area (Å²) in [4.78, 5) is 23.7. The van der Waals surface area contributed by atoms with Crippen molar-refractivity contribution >= 4 is 16.7 Å². The van der Waals surface area contributed by atoms with Crippen molar-refractivity contribution in [3.8, 4) is 11.3 Å². The number of aromatic nitrogens is 3. The summed E-state index contributed by atoms with van der Waals surface area (Å²) in [7, 11) is 1.79. The van der Waals surface area contributed by atoms with Crippen molar-refractivity contribution in [3.63, 3.8) is 0 Å². The molecule has 5 rings (SSSR count). The topological polar surface area (TPSA) is 63.1 Å². The molecule has 2 aromatic heterocycles. The first-order valence-corrected chi connectivity index (χ1v) is 10.1. The molecule has 1 fully saturated rings. The van der Waals surface area contributed by atoms with Gasteiger partial charge >= 0.3 is 0 Å². The largest absolute Gasteiger partial charge is 0.339 e. The molecule has 3 heterocycles. The molecule has 1 aliphatic rings. The van der Waals surface area contributed by atoms with E-state index in [9.17, 15) is 4.79 Å². The molecule has 1 saturated heterocycles. The molecular weight excluding hydrogens is 374 g/mol. The van der Waals surface area contributed by atoms with Gasteiger partial charge in [-0.15, -0.1) is 0 Å². The van der Waals surface area contributed by atoms with Gasteiger partial charge < -0.3 is 10.2 Å². The predicted octanol–water partition coefficient (Wildman–Crippen LogP) is 3.15. The highest BCUT2D eigenvalue weighted by atomic mass is 16.1. The average Bonchev–Trinajstić information content (AvgIpc) is 2.81. The minimum atomic E-state index is -0.0624. The summed E-state index contributed by atoms with van der Waals surface area (Å²) < 4.78 is 1.63. The van der Waals surface area contributed by atoms with Crippen LogP contribution in [0.5, 0.6) is 0 Å². The summed E-state index contributed by atoms with van der Waals surface area (Å²) in [6, 6.07) is 20.5. The summed E-state index contributed by atoms with van der Waals surface area (Å²) >= 11 is 0. The number of rotatable bonds is 3. The Bertz CT molecular complexity index is 1250. The van der Waals surface area contributed by atoms with Crippen molar-refractivity contribution in [2.45, 2.75) is 6.04 Å². The zero-order chi connectivity index (χ0) is 20.5. The van der Waals surface area contributed by atoms with Crippen LogP contribution >= 0.6 is 0 Å². The van der Waals surface area contributed by atoms with E-state index in [0.717, 1.165) is 25.2 Å². The van der Waals surface area contributed by atoms with E-state index in [1.54, 1.807) is 30.1 Å². The molecule has 0 amide bonds. The number of hydrogen-bond acceptors (Lipinski definition) is 5. The van der Waals surface area contributed by atoms with Crippen molar-refractivity contribution in [1.29, 1.82) is 0 Å². The Morgan fingerprint density at radius 2 is 1.80 bits per heavy atom. The second-order valence-corrected chi connectivity index (χ2v) is 7.63. The van der Waals surface area contributed by atoms with Crippen LogP contribution in [-0.4, -0.2) is 34.2 Å². The van der Waals surface area contributed by atoms with Crippen LogP contribution in [0.25, 0.3) is 22.0 Å². The third-order valence-corrected chi connectivity index (χ3v) is 5.72. The van der Waals surface area contributed by atoms with Crippen LogP contribution < -0.4 is 15.8 Å². The molecule has 6 nitrogen and oxygen atoms in total. The Morgan fingerprint density at radius 3 is 2.63 bits per heavy atom. The van der Waals surface area contributed by atoms with E-state index >= 15 is 0 Å². The highest BCUT2D eigenvalue weighted by Gasteiger charge is 2.24.